The lowest BCUT2D eigenvalue weighted by atomic mass is 10.1. The van der Waals surface area contributed by atoms with Crippen LogP contribution in [0.5, 0.6) is 0 Å². The summed E-state index contributed by atoms with van der Waals surface area (Å²) in [6.07, 6.45) is 4.93. The molecule has 0 spiro atoms. The maximum Gasteiger partial charge on any atom is 0.0400 e. The topological polar surface area (TPSA) is 24.9 Å². The fourth-order valence-corrected chi connectivity index (χ4v) is 1.10. The minimum atomic E-state index is 0.729. The molecule has 1 heterocycles. The van der Waals surface area contributed by atoms with Crippen LogP contribution in [0.3, 0.4) is 0 Å². The van der Waals surface area contributed by atoms with Gasteiger partial charge in [0, 0.05) is 24.6 Å². The quantitative estimate of drug-likeness (QED) is 0.766. The van der Waals surface area contributed by atoms with Crippen LogP contribution in [-0.4, -0.2) is 11.5 Å². The van der Waals surface area contributed by atoms with Crippen molar-refractivity contribution in [3.05, 3.63) is 24.0 Å². The van der Waals surface area contributed by atoms with Crippen LogP contribution in [0.2, 0.25) is 0 Å². The van der Waals surface area contributed by atoms with Crippen LogP contribution < -0.4 is 5.32 Å². The smallest absolute Gasteiger partial charge is 0.0400 e. The number of hydrogen-bond donors (Lipinski definition) is 1. The van der Waals surface area contributed by atoms with E-state index in [-0.39, 0.29) is 0 Å². The second-order valence-corrected chi connectivity index (χ2v) is 3.58. The van der Waals surface area contributed by atoms with Crippen LogP contribution in [0.1, 0.15) is 25.8 Å². The highest BCUT2D eigenvalue weighted by atomic mass is 14.9. The van der Waals surface area contributed by atoms with Crippen molar-refractivity contribution in [2.75, 3.05) is 11.9 Å². The molecular formula is C11H18N2. The molecule has 2 heteroatoms. The van der Waals surface area contributed by atoms with E-state index in [0.29, 0.717) is 0 Å². The van der Waals surface area contributed by atoms with Gasteiger partial charge in [-0.25, -0.2) is 0 Å². The second kappa shape index (κ2) is 4.85. The van der Waals surface area contributed by atoms with Crippen molar-refractivity contribution in [2.24, 2.45) is 5.92 Å². The van der Waals surface area contributed by atoms with Crippen molar-refractivity contribution < 1.29 is 0 Å². The Morgan fingerprint density at radius 3 is 2.92 bits per heavy atom. The SMILES string of the molecule is CCC(C)CNc1ccncc1C. The predicted octanol–water partition coefficient (Wildman–Crippen LogP) is 2.85. The van der Waals surface area contributed by atoms with Crippen molar-refractivity contribution in [1.29, 1.82) is 0 Å². The second-order valence-electron chi connectivity index (χ2n) is 3.58. The Balaban J connectivity index is 2.50. The lowest BCUT2D eigenvalue weighted by Crippen LogP contribution is -2.10. The van der Waals surface area contributed by atoms with Crippen LogP contribution in [0, 0.1) is 12.8 Å². The standard InChI is InChI=1S/C11H18N2/c1-4-9(2)7-13-11-5-6-12-8-10(11)3/h5-6,8-9H,4,7H2,1-3H3,(H,12,13). The molecule has 0 saturated carbocycles. The molecule has 1 N–H and O–H groups in total. The molecule has 1 atom stereocenters. The fraction of sp³-hybridized carbons (Fsp3) is 0.545. The van der Waals surface area contributed by atoms with Gasteiger partial charge in [0.1, 0.15) is 0 Å². The lowest BCUT2D eigenvalue weighted by Gasteiger charge is -2.12. The number of pyridine rings is 1. The first-order chi connectivity index (χ1) is 6.24. The van der Waals surface area contributed by atoms with Gasteiger partial charge in [-0.3, -0.25) is 4.98 Å². The van der Waals surface area contributed by atoms with E-state index >= 15 is 0 Å². The molecule has 1 aromatic rings. The van der Waals surface area contributed by atoms with Gasteiger partial charge >= 0.3 is 0 Å². The van der Waals surface area contributed by atoms with Crippen LogP contribution in [-0.2, 0) is 0 Å². The number of rotatable bonds is 4. The molecule has 1 rings (SSSR count). The zero-order chi connectivity index (χ0) is 9.68. The van der Waals surface area contributed by atoms with Gasteiger partial charge in [0.2, 0.25) is 0 Å². The predicted molar refractivity (Wildman–Crippen MR) is 56.9 cm³/mol. The van der Waals surface area contributed by atoms with Crippen LogP contribution in [0.25, 0.3) is 0 Å². The van der Waals surface area contributed by atoms with E-state index in [2.05, 4.69) is 31.1 Å². The number of anilines is 1. The van der Waals surface area contributed by atoms with E-state index in [1.807, 2.05) is 18.5 Å². The van der Waals surface area contributed by atoms with E-state index in [1.54, 1.807) is 0 Å². The van der Waals surface area contributed by atoms with Gasteiger partial charge < -0.3 is 5.32 Å². The number of aryl methyl sites for hydroxylation is 1. The van der Waals surface area contributed by atoms with Crippen molar-refractivity contribution in [1.82, 2.24) is 4.98 Å². The van der Waals surface area contributed by atoms with E-state index in [9.17, 15) is 0 Å². The molecule has 0 fully saturated rings. The highest BCUT2D eigenvalue weighted by molar-refractivity contribution is 5.48. The molecular weight excluding hydrogens is 160 g/mol. The Bertz CT molecular complexity index is 258. The molecule has 0 aliphatic carbocycles. The first kappa shape index (κ1) is 10.0. The fourth-order valence-electron chi connectivity index (χ4n) is 1.10. The summed E-state index contributed by atoms with van der Waals surface area (Å²) in [6, 6.07) is 2.03. The maximum absolute atomic E-state index is 4.05. The zero-order valence-corrected chi connectivity index (χ0v) is 8.67. The molecule has 0 aliphatic heterocycles. The first-order valence-corrected chi connectivity index (χ1v) is 4.88. The third-order valence-electron chi connectivity index (χ3n) is 2.36. The third-order valence-corrected chi connectivity index (χ3v) is 2.36. The normalized spacial score (nSPS) is 12.5. The Kier molecular flexibility index (Phi) is 3.74. The summed E-state index contributed by atoms with van der Waals surface area (Å²) < 4.78 is 0. The summed E-state index contributed by atoms with van der Waals surface area (Å²) >= 11 is 0. The van der Waals surface area contributed by atoms with Gasteiger partial charge in [0.15, 0.2) is 0 Å². The van der Waals surface area contributed by atoms with Crippen molar-refractivity contribution in [3.63, 3.8) is 0 Å². The van der Waals surface area contributed by atoms with Gasteiger partial charge in [-0.1, -0.05) is 20.3 Å². The average Bonchev–Trinajstić information content (AvgIpc) is 2.16. The third kappa shape index (κ3) is 3.05. The van der Waals surface area contributed by atoms with E-state index < -0.39 is 0 Å². The summed E-state index contributed by atoms with van der Waals surface area (Å²) in [5.41, 5.74) is 2.42. The van der Waals surface area contributed by atoms with Crippen LogP contribution in [0.15, 0.2) is 18.5 Å². The van der Waals surface area contributed by atoms with Gasteiger partial charge in [-0.2, -0.15) is 0 Å². The molecule has 0 saturated heterocycles. The minimum Gasteiger partial charge on any atom is -0.384 e. The molecule has 1 unspecified atom stereocenters. The molecule has 13 heavy (non-hydrogen) atoms. The molecule has 1 aromatic heterocycles. The number of aromatic nitrogens is 1. The monoisotopic (exact) mass is 178 g/mol. The lowest BCUT2D eigenvalue weighted by molar-refractivity contribution is 0.593. The highest BCUT2D eigenvalue weighted by Crippen LogP contribution is 2.12. The first-order valence-electron chi connectivity index (χ1n) is 4.88. The Hall–Kier alpha value is -1.05. The largest absolute Gasteiger partial charge is 0.384 e. The van der Waals surface area contributed by atoms with Gasteiger partial charge in [0.05, 0.1) is 0 Å². The molecule has 0 aliphatic rings. The average molecular weight is 178 g/mol. The summed E-state index contributed by atoms with van der Waals surface area (Å²) in [7, 11) is 0. The van der Waals surface area contributed by atoms with E-state index in [1.165, 1.54) is 17.7 Å². The van der Waals surface area contributed by atoms with Gasteiger partial charge in [0.25, 0.3) is 0 Å². The van der Waals surface area contributed by atoms with Gasteiger partial charge in [-0.15, -0.1) is 0 Å². The number of hydrogen-bond acceptors (Lipinski definition) is 2. The highest BCUT2D eigenvalue weighted by Gasteiger charge is 1.99. The molecule has 0 aromatic carbocycles. The Morgan fingerprint density at radius 1 is 1.54 bits per heavy atom. The summed E-state index contributed by atoms with van der Waals surface area (Å²) in [5, 5.41) is 3.42. The molecule has 72 valence electrons. The Labute approximate surface area is 80.4 Å². The number of nitrogens with zero attached hydrogens (tertiary/aromatic N) is 1. The van der Waals surface area contributed by atoms with Crippen LogP contribution >= 0.6 is 0 Å². The van der Waals surface area contributed by atoms with Crippen molar-refractivity contribution >= 4 is 5.69 Å². The van der Waals surface area contributed by atoms with Crippen molar-refractivity contribution in [3.8, 4) is 0 Å². The molecule has 0 bridgehead atoms. The van der Waals surface area contributed by atoms with Crippen molar-refractivity contribution in [2.45, 2.75) is 27.2 Å². The minimum absolute atomic E-state index is 0.729. The Morgan fingerprint density at radius 2 is 2.31 bits per heavy atom. The zero-order valence-electron chi connectivity index (χ0n) is 8.67. The van der Waals surface area contributed by atoms with E-state index in [4.69, 9.17) is 0 Å². The van der Waals surface area contributed by atoms with Crippen LogP contribution in [0.4, 0.5) is 5.69 Å². The number of nitrogens with one attached hydrogen (secondary N) is 1. The molecule has 2 nitrogen and oxygen atoms in total. The summed E-state index contributed by atoms with van der Waals surface area (Å²) in [5.74, 6) is 0.729. The summed E-state index contributed by atoms with van der Waals surface area (Å²) in [4.78, 5) is 4.05. The summed E-state index contributed by atoms with van der Waals surface area (Å²) in [6.45, 7) is 7.59. The van der Waals surface area contributed by atoms with E-state index in [0.717, 1.165) is 12.5 Å². The molecule has 0 radical (unpaired) electrons. The van der Waals surface area contributed by atoms with Gasteiger partial charge in [-0.05, 0) is 24.5 Å². The molecule has 0 amide bonds. The maximum atomic E-state index is 4.05.